The predicted octanol–water partition coefficient (Wildman–Crippen LogP) is 1.61. The predicted molar refractivity (Wildman–Crippen MR) is 84.9 cm³/mol. The van der Waals surface area contributed by atoms with Crippen molar-refractivity contribution in [3.05, 3.63) is 58.0 Å². The number of hydrogen-bond acceptors (Lipinski definition) is 3. The van der Waals surface area contributed by atoms with Gasteiger partial charge in [-0.05, 0) is 26.0 Å². The van der Waals surface area contributed by atoms with Crippen LogP contribution in [-0.4, -0.2) is 21.4 Å². The van der Waals surface area contributed by atoms with Crippen molar-refractivity contribution < 1.29 is 4.79 Å². The van der Waals surface area contributed by atoms with E-state index in [0.717, 1.165) is 11.4 Å². The van der Waals surface area contributed by atoms with Crippen LogP contribution in [-0.2, 0) is 4.79 Å². The number of amides is 1. The fourth-order valence-electron chi connectivity index (χ4n) is 2.41. The summed E-state index contributed by atoms with van der Waals surface area (Å²) < 4.78 is 1.49. The van der Waals surface area contributed by atoms with E-state index >= 15 is 0 Å². The number of hydrazone groups is 1. The molecule has 3 rings (SSSR count). The van der Waals surface area contributed by atoms with Crippen molar-refractivity contribution in [1.29, 1.82) is 0 Å². The molecule has 6 nitrogen and oxygen atoms in total. The molecule has 1 aliphatic rings. The van der Waals surface area contributed by atoms with Gasteiger partial charge in [-0.2, -0.15) is 5.10 Å². The lowest BCUT2D eigenvalue weighted by Gasteiger charge is -1.99. The van der Waals surface area contributed by atoms with Gasteiger partial charge in [0.05, 0.1) is 22.9 Å². The van der Waals surface area contributed by atoms with Gasteiger partial charge in [-0.15, -0.1) is 0 Å². The minimum Gasteiger partial charge on any atom is -0.295 e. The van der Waals surface area contributed by atoms with Gasteiger partial charge in [0.1, 0.15) is 0 Å². The number of carbonyl (C=O) groups is 1. The SMILES string of the molecule is CC1=NNC(=O)[C@H]1/C=C\c1c(C)[nH]n(-c2ccccc2)c1=O. The first-order chi connectivity index (χ1) is 10.6. The maximum atomic E-state index is 12.5. The number of para-hydroxylation sites is 1. The van der Waals surface area contributed by atoms with Gasteiger partial charge in [0.25, 0.3) is 11.5 Å². The largest absolute Gasteiger partial charge is 0.295 e. The van der Waals surface area contributed by atoms with Crippen LogP contribution < -0.4 is 11.0 Å². The molecular weight excluding hydrogens is 280 g/mol. The first kappa shape index (κ1) is 14.1. The number of nitrogens with zero attached hydrogens (tertiary/aromatic N) is 2. The number of carbonyl (C=O) groups excluding carboxylic acids is 1. The molecule has 1 atom stereocenters. The molecule has 0 saturated heterocycles. The van der Waals surface area contributed by atoms with E-state index < -0.39 is 5.92 Å². The van der Waals surface area contributed by atoms with Gasteiger partial charge >= 0.3 is 0 Å². The van der Waals surface area contributed by atoms with Gasteiger partial charge < -0.3 is 0 Å². The van der Waals surface area contributed by atoms with Crippen molar-refractivity contribution in [2.75, 3.05) is 0 Å². The maximum Gasteiger partial charge on any atom is 0.278 e. The van der Waals surface area contributed by atoms with Crippen molar-refractivity contribution in [3.63, 3.8) is 0 Å². The Balaban J connectivity index is 1.96. The molecule has 0 unspecified atom stereocenters. The number of aromatic nitrogens is 2. The van der Waals surface area contributed by atoms with E-state index in [-0.39, 0.29) is 11.5 Å². The van der Waals surface area contributed by atoms with E-state index in [1.165, 1.54) is 4.68 Å². The third kappa shape index (κ3) is 2.39. The third-order valence-corrected chi connectivity index (χ3v) is 3.66. The number of H-pyrrole nitrogens is 1. The Morgan fingerprint density at radius 2 is 1.91 bits per heavy atom. The lowest BCUT2D eigenvalue weighted by atomic mass is 10.0. The van der Waals surface area contributed by atoms with Crippen LogP contribution in [0.25, 0.3) is 11.8 Å². The number of hydrogen-bond donors (Lipinski definition) is 2. The smallest absolute Gasteiger partial charge is 0.278 e. The number of nitrogens with one attached hydrogen (secondary N) is 2. The molecule has 0 saturated carbocycles. The Hall–Kier alpha value is -2.89. The molecule has 1 amide bonds. The number of aryl methyl sites for hydroxylation is 1. The number of rotatable bonds is 3. The molecule has 2 aromatic rings. The van der Waals surface area contributed by atoms with Gasteiger partial charge in [-0.25, -0.2) is 10.1 Å². The summed E-state index contributed by atoms with van der Waals surface area (Å²) in [6.45, 7) is 3.61. The Kier molecular flexibility index (Phi) is 3.50. The van der Waals surface area contributed by atoms with Crippen LogP contribution in [0.3, 0.4) is 0 Å². The van der Waals surface area contributed by atoms with Crippen molar-refractivity contribution in [2.24, 2.45) is 11.0 Å². The second-order valence-corrected chi connectivity index (χ2v) is 5.19. The second-order valence-electron chi connectivity index (χ2n) is 5.19. The van der Waals surface area contributed by atoms with Gasteiger partial charge in [-0.1, -0.05) is 30.4 Å². The maximum absolute atomic E-state index is 12.5. The van der Waals surface area contributed by atoms with Crippen LogP contribution in [0.5, 0.6) is 0 Å². The first-order valence-corrected chi connectivity index (χ1v) is 6.97. The highest BCUT2D eigenvalue weighted by molar-refractivity contribution is 6.08. The topological polar surface area (TPSA) is 79.2 Å². The van der Waals surface area contributed by atoms with Gasteiger partial charge in [0, 0.05) is 5.69 Å². The van der Waals surface area contributed by atoms with Gasteiger partial charge in [0.15, 0.2) is 0 Å². The van der Waals surface area contributed by atoms with Crippen LogP contribution in [0.2, 0.25) is 0 Å². The molecule has 0 spiro atoms. The molecule has 6 heteroatoms. The standard InChI is InChI=1S/C16H16N4O2/c1-10-13(15(21)18-17-10)8-9-14-11(2)19-20(16(14)22)12-6-4-3-5-7-12/h3-9,13,19H,1-2H3,(H,18,21)/b9-8-/t13-/m0/s1. The molecule has 1 aromatic carbocycles. The monoisotopic (exact) mass is 296 g/mol. The summed E-state index contributed by atoms with van der Waals surface area (Å²) in [7, 11) is 0. The molecule has 0 radical (unpaired) electrons. The normalized spacial score (nSPS) is 17.8. The lowest BCUT2D eigenvalue weighted by Crippen LogP contribution is -2.20. The molecule has 0 bridgehead atoms. The minimum atomic E-state index is -0.418. The van der Waals surface area contributed by atoms with E-state index in [2.05, 4.69) is 15.6 Å². The Morgan fingerprint density at radius 1 is 1.18 bits per heavy atom. The summed E-state index contributed by atoms with van der Waals surface area (Å²) in [6, 6.07) is 9.34. The fourth-order valence-corrected chi connectivity index (χ4v) is 2.41. The van der Waals surface area contributed by atoms with E-state index in [9.17, 15) is 9.59 Å². The molecule has 2 N–H and O–H groups in total. The van der Waals surface area contributed by atoms with E-state index in [4.69, 9.17) is 0 Å². The highest BCUT2D eigenvalue weighted by Crippen LogP contribution is 2.13. The van der Waals surface area contributed by atoms with Crippen molar-refractivity contribution >= 4 is 17.7 Å². The zero-order chi connectivity index (χ0) is 15.7. The number of benzene rings is 1. The van der Waals surface area contributed by atoms with E-state index in [0.29, 0.717) is 11.3 Å². The summed E-state index contributed by atoms with van der Waals surface area (Å²) in [4.78, 5) is 24.1. The molecule has 1 aliphatic heterocycles. The minimum absolute atomic E-state index is 0.145. The summed E-state index contributed by atoms with van der Waals surface area (Å²) in [5.74, 6) is -0.593. The zero-order valence-electron chi connectivity index (χ0n) is 12.3. The van der Waals surface area contributed by atoms with Gasteiger partial charge in [0.2, 0.25) is 0 Å². The fraction of sp³-hybridized carbons (Fsp3) is 0.188. The Labute approximate surface area is 127 Å². The van der Waals surface area contributed by atoms with Crippen LogP contribution in [0.15, 0.2) is 46.3 Å². The molecule has 22 heavy (non-hydrogen) atoms. The summed E-state index contributed by atoms with van der Waals surface area (Å²) >= 11 is 0. The van der Waals surface area contributed by atoms with Gasteiger partial charge in [-0.3, -0.25) is 14.7 Å². The molecule has 2 heterocycles. The van der Waals surface area contributed by atoms with Crippen LogP contribution in [0, 0.1) is 12.8 Å². The van der Waals surface area contributed by atoms with Crippen LogP contribution >= 0.6 is 0 Å². The zero-order valence-corrected chi connectivity index (χ0v) is 12.3. The quantitative estimate of drug-likeness (QED) is 0.902. The third-order valence-electron chi connectivity index (χ3n) is 3.66. The average Bonchev–Trinajstić information content (AvgIpc) is 2.99. The Morgan fingerprint density at radius 3 is 2.55 bits per heavy atom. The van der Waals surface area contributed by atoms with E-state index in [1.807, 2.05) is 37.3 Å². The van der Waals surface area contributed by atoms with Crippen molar-refractivity contribution in [2.45, 2.75) is 13.8 Å². The second kappa shape index (κ2) is 5.48. The summed E-state index contributed by atoms with van der Waals surface area (Å²) in [6.07, 6.45) is 3.39. The molecule has 112 valence electrons. The summed E-state index contributed by atoms with van der Waals surface area (Å²) in [5.41, 5.74) is 5.03. The molecule has 0 fully saturated rings. The lowest BCUT2D eigenvalue weighted by molar-refractivity contribution is -0.121. The first-order valence-electron chi connectivity index (χ1n) is 6.97. The summed E-state index contributed by atoms with van der Waals surface area (Å²) in [5, 5.41) is 6.93. The van der Waals surface area contributed by atoms with Crippen LogP contribution in [0.1, 0.15) is 18.2 Å². The highest BCUT2D eigenvalue weighted by Gasteiger charge is 2.24. The van der Waals surface area contributed by atoms with Crippen molar-refractivity contribution in [1.82, 2.24) is 15.2 Å². The molecule has 0 aliphatic carbocycles. The number of aromatic amines is 1. The van der Waals surface area contributed by atoms with Crippen molar-refractivity contribution in [3.8, 4) is 5.69 Å². The molecular formula is C16H16N4O2. The highest BCUT2D eigenvalue weighted by atomic mass is 16.2. The van der Waals surface area contributed by atoms with E-state index in [1.54, 1.807) is 19.1 Å². The molecule has 1 aromatic heterocycles. The Bertz CT molecular complexity index is 828. The van der Waals surface area contributed by atoms with Crippen LogP contribution in [0.4, 0.5) is 0 Å². The average molecular weight is 296 g/mol.